The summed E-state index contributed by atoms with van der Waals surface area (Å²) in [6, 6.07) is 9.66. The Morgan fingerprint density at radius 3 is 2.81 bits per heavy atom. The molecule has 1 aromatic carbocycles. The average molecular weight is 379 g/mol. The van der Waals surface area contributed by atoms with E-state index in [0.717, 1.165) is 20.6 Å². The molecule has 0 spiro atoms. The molecule has 21 heavy (non-hydrogen) atoms. The second kappa shape index (κ2) is 5.71. The van der Waals surface area contributed by atoms with E-state index >= 15 is 0 Å². The van der Waals surface area contributed by atoms with Gasteiger partial charge >= 0.3 is 0 Å². The van der Waals surface area contributed by atoms with Crippen molar-refractivity contribution in [2.75, 3.05) is 4.90 Å². The van der Waals surface area contributed by atoms with E-state index in [4.69, 9.17) is 12.2 Å². The Morgan fingerprint density at radius 1 is 1.38 bits per heavy atom. The predicted molar refractivity (Wildman–Crippen MR) is 94.4 cm³/mol. The highest BCUT2D eigenvalue weighted by Gasteiger charge is 2.32. The van der Waals surface area contributed by atoms with Crippen molar-refractivity contribution in [2.24, 2.45) is 0 Å². The van der Waals surface area contributed by atoms with Crippen molar-refractivity contribution in [3.05, 3.63) is 56.3 Å². The first-order valence-corrected chi connectivity index (χ1v) is 8.31. The number of nitrogens with zero attached hydrogens (tertiary/aromatic N) is 1. The number of carbonyl (C=O) groups excluding carboxylic acids is 1. The van der Waals surface area contributed by atoms with E-state index in [2.05, 4.69) is 21.2 Å². The molecular weight excluding hydrogens is 368 g/mol. The third-order valence-corrected chi connectivity index (χ3v) is 4.94. The molecule has 3 rings (SSSR count). The topological polar surface area (TPSA) is 32.3 Å². The van der Waals surface area contributed by atoms with Crippen molar-refractivity contribution in [3.63, 3.8) is 0 Å². The molecular formula is C15H11BrN2OS2. The van der Waals surface area contributed by atoms with Crippen molar-refractivity contribution >= 4 is 62.3 Å². The van der Waals surface area contributed by atoms with Crippen LogP contribution in [0.15, 0.2) is 45.2 Å². The quantitative estimate of drug-likeness (QED) is 0.631. The summed E-state index contributed by atoms with van der Waals surface area (Å²) in [5.74, 6) is -0.128. The summed E-state index contributed by atoms with van der Waals surface area (Å²) in [6.07, 6.45) is 1.81. The third kappa shape index (κ3) is 2.79. The van der Waals surface area contributed by atoms with Gasteiger partial charge in [0.05, 0.1) is 9.47 Å². The lowest BCUT2D eigenvalue weighted by Crippen LogP contribution is -2.30. The third-order valence-electron chi connectivity index (χ3n) is 3.13. The molecule has 1 aliphatic heterocycles. The summed E-state index contributed by atoms with van der Waals surface area (Å²) in [6.45, 7) is 1.96. The minimum Gasteiger partial charge on any atom is -0.327 e. The molecule has 1 aromatic heterocycles. The molecule has 0 aliphatic carbocycles. The first-order valence-electron chi connectivity index (χ1n) is 6.23. The van der Waals surface area contributed by atoms with Crippen LogP contribution in [0.3, 0.4) is 0 Å². The predicted octanol–water partition coefficient (Wildman–Crippen LogP) is 4.08. The van der Waals surface area contributed by atoms with Crippen LogP contribution in [0.1, 0.15) is 11.1 Å². The number of carbonyl (C=O) groups is 1. The Labute approximate surface area is 140 Å². The lowest BCUT2D eigenvalue weighted by atomic mass is 10.2. The second-order valence-corrected chi connectivity index (χ2v) is 7.28. The lowest BCUT2D eigenvalue weighted by molar-refractivity contribution is -0.113. The van der Waals surface area contributed by atoms with Crippen LogP contribution in [0.25, 0.3) is 6.08 Å². The van der Waals surface area contributed by atoms with E-state index in [1.807, 2.05) is 48.7 Å². The Morgan fingerprint density at radius 2 is 2.14 bits per heavy atom. The number of nitrogens with one attached hydrogen (secondary N) is 1. The molecule has 2 heterocycles. The minimum absolute atomic E-state index is 0.128. The first-order chi connectivity index (χ1) is 10.1. The lowest BCUT2D eigenvalue weighted by Gasteiger charge is -2.16. The molecule has 2 aromatic rings. The number of thiocarbonyl (C=S) groups is 1. The molecule has 1 aliphatic rings. The van der Waals surface area contributed by atoms with Crippen LogP contribution in [0.4, 0.5) is 5.69 Å². The van der Waals surface area contributed by atoms with Crippen molar-refractivity contribution < 1.29 is 4.79 Å². The summed E-state index contributed by atoms with van der Waals surface area (Å²) in [7, 11) is 0. The molecule has 0 saturated carbocycles. The number of hydrogen-bond donors (Lipinski definition) is 1. The van der Waals surface area contributed by atoms with Gasteiger partial charge in [0.1, 0.15) is 5.70 Å². The van der Waals surface area contributed by atoms with Gasteiger partial charge < -0.3 is 5.32 Å². The van der Waals surface area contributed by atoms with Gasteiger partial charge in [0.2, 0.25) is 0 Å². The van der Waals surface area contributed by atoms with Crippen LogP contribution in [-0.4, -0.2) is 11.0 Å². The summed E-state index contributed by atoms with van der Waals surface area (Å²) in [4.78, 5) is 14.1. The van der Waals surface area contributed by atoms with Gasteiger partial charge in [0, 0.05) is 0 Å². The standard InChI is InChI=1S/C15H11BrN2OS2/c1-9-4-2-3-5-12(9)18-14(19)11(17-15(18)20)6-10-7-13(16)21-8-10/h2-8H,1H3,(H,17,20)/b11-6+. The van der Waals surface area contributed by atoms with Crippen molar-refractivity contribution in [3.8, 4) is 0 Å². The number of aryl methyl sites for hydroxylation is 1. The van der Waals surface area contributed by atoms with Crippen LogP contribution in [0.5, 0.6) is 0 Å². The van der Waals surface area contributed by atoms with Gasteiger partial charge in [0.15, 0.2) is 5.11 Å². The molecule has 0 atom stereocenters. The van der Waals surface area contributed by atoms with Crippen LogP contribution < -0.4 is 10.2 Å². The number of halogens is 1. The summed E-state index contributed by atoms with van der Waals surface area (Å²) >= 11 is 10.3. The normalized spacial score (nSPS) is 16.7. The van der Waals surface area contributed by atoms with E-state index in [0.29, 0.717) is 10.8 Å². The number of hydrogen-bond acceptors (Lipinski definition) is 3. The molecule has 6 heteroatoms. The molecule has 3 nitrogen and oxygen atoms in total. The van der Waals surface area contributed by atoms with Gasteiger partial charge in [-0.1, -0.05) is 18.2 Å². The molecule has 0 radical (unpaired) electrons. The van der Waals surface area contributed by atoms with E-state index < -0.39 is 0 Å². The maximum atomic E-state index is 12.6. The van der Waals surface area contributed by atoms with E-state index in [1.165, 1.54) is 4.90 Å². The Balaban J connectivity index is 1.96. The maximum Gasteiger partial charge on any atom is 0.281 e. The zero-order chi connectivity index (χ0) is 15.0. The van der Waals surface area contributed by atoms with Crippen LogP contribution in [0.2, 0.25) is 0 Å². The van der Waals surface area contributed by atoms with Gasteiger partial charge in [-0.15, -0.1) is 11.3 Å². The maximum absolute atomic E-state index is 12.6. The monoisotopic (exact) mass is 378 g/mol. The van der Waals surface area contributed by atoms with Gasteiger partial charge in [-0.05, 0) is 69.8 Å². The number of para-hydroxylation sites is 1. The van der Waals surface area contributed by atoms with Gasteiger partial charge in [-0.2, -0.15) is 0 Å². The van der Waals surface area contributed by atoms with Gasteiger partial charge in [-0.3, -0.25) is 9.69 Å². The summed E-state index contributed by atoms with van der Waals surface area (Å²) < 4.78 is 1.03. The van der Waals surface area contributed by atoms with Gasteiger partial charge in [0.25, 0.3) is 5.91 Å². The van der Waals surface area contributed by atoms with Crippen LogP contribution in [0, 0.1) is 6.92 Å². The number of thiophene rings is 1. The molecule has 106 valence electrons. The molecule has 1 saturated heterocycles. The highest BCUT2D eigenvalue weighted by atomic mass is 79.9. The molecule has 0 bridgehead atoms. The fraction of sp³-hybridized carbons (Fsp3) is 0.0667. The molecule has 1 amide bonds. The number of benzene rings is 1. The molecule has 1 fully saturated rings. The Kier molecular flexibility index (Phi) is 3.93. The van der Waals surface area contributed by atoms with E-state index in [1.54, 1.807) is 11.3 Å². The summed E-state index contributed by atoms with van der Waals surface area (Å²) in [5.41, 5.74) is 3.29. The van der Waals surface area contributed by atoms with Crippen LogP contribution in [-0.2, 0) is 4.79 Å². The van der Waals surface area contributed by atoms with Gasteiger partial charge in [-0.25, -0.2) is 0 Å². The number of amides is 1. The smallest absolute Gasteiger partial charge is 0.281 e. The zero-order valence-electron chi connectivity index (χ0n) is 11.1. The molecule has 0 unspecified atom stereocenters. The number of anilines is 1. The highest BCUT2D eigenvalue weighted by Crippen LogP contribution is 2.27. The highest BCUT2D eigenvalue weighted by molar-refractivity contribution is 9.11. The van der Waals surface area contributed by atoms with E-state index in [9.17, 15) is 4.79 Å². The molecule has 1 N–H and O–H groups in total. The zero-order valence-corrected chi connectivity index (χ0v) is 14.3. The second-order valence-electron chi connectivity index (χ2n) is 4.60. The fourth-order valence-electron chi connectivity index (χ4n) is 2.13. The van der Waals surface area contributed by atoms with Crippen LogP contribution >= 0.6 is 39.5 Å². The largest absolute Gasteiger partial charge is 0.327 e. The number of rotatable bonds is 2. The Bertz CT molecular complexity index is 767. The van der Waals surface area contributed by atoms with Crippen molar-refractivity contribution in [1.29, 1.82) is 0 Å². The Hall–Kier alpha value is -1.50. The van der Waals surface area contributed by atoms with E-state index in [-0.39, 0.29) is 5.91 Å². The minimum atomic E-state index is -0.128. The van der Waals surface area contributed by atoms with Crippen molar-refractivity contribution in [2.45, 2.75) is 6.92 Å². The first kappa shape index (κ1) is 14.4. The summed E-state index contributed by atoms with van der Waals surface area (Å²) in [5, 5.41) is 5.39. The van der Waals surface area contributed by atoms with Crippen molar-refractivity contribution in [1.82, 2.24) is 5.32 Å². The fourth-order valence-corrected chi connectivity index (χ4v) is 3.56. The SMILES string of the molecule is Cc1ccccc1N1C(=O)/C(=C\c2csc(Br)c2)NC1=S. The average Bonchev–Trinajstić information content (AvgIpc) is 2.96.